The first-order valence-electron chi connectivity index (χ1n) is 8.12. The van der Waals surface area contributed by atoms with Crippen LogP contribution in [0.4, 0.5) is 5.69 Å². The molecule has 1 N–H and O–H groups in total. The summed E-state index contributed by atoms with van der Waals surface area (Å²) in [4.78, 5) is 5.35. The molecule has 0 amide bonds. The summed E-state index contributed by atoms with van der Waals surface area (Å²) in [5, 5.41) is 3.43. The average molecular weight is 323 g/mol. The summed E-state index contributed by atoms with van der Waals surface area (Å²) in [6.07, 6.45) is 1.25. The standard InChI is InChI=1S/C16H25N3O2S/c1-2-22(20,21)16-5-3-14(4-6-16)18-9-11-19(12-10-18)15-7-8-17-13-15/h3-6,15,17H,2,7-13H2,1H3. The molecule has 0 radical (unpaired) electrons. The highest BCUT2D eigenvalue weighted by Gasteiger charge is 2.26. The zero-order valence-electron chi connectivity index (χ0n) is 13.2. The van der Waals surface area contributed by atoms with E-state index in [1.54, 1.807) is 19.1 Å². The lowest BCUT2D eigenvalue weighted by Gasteiger charge is -2.39. The lowest BCUT2D eigenvalue weighted by molar-refractivity contribution is 0.196. The van der Waals surface area contributed by atoms with Crippen molar-refractivity contribution in [3.05, 3.63) is 24.3 Å². The van der Waals surface area contributed by atoms with E-state index in [9.17, 15) is 8.42 Å². The summed E-state index contributed by atoms with van der Waals surface area (Å²) in [6, 6.07) is 8.05. The fraction of sp³-hybridized carbons (Fsp3) is 0.625. The van der Waals surface area contributed by atoms with Gasteiger partial charge in [0.2, 0.25) is 0 Å². The minimum Gasteiger partial charge on any atom is -0.369 e. The lowest BCUT2D eigenvalue weighted by atomic mass is 10.1. The van der Waals surface area contributed by atoms with E-state index in [-0.39, 0.29) is 5.75 Å². The number of rotatable bonds is 4. The fourth-order valence-electron chi connectivity index (χ4n) is 3.33. The maximum absolute atomic E-state index is 11.9. The number of nitrogens with one attached hydrogen (secondary N) is 1. The molecule has 2 heterocycles. The van der Waals surface area contributed by atoms with Gasteiger partial charge >= 0.3 is 0 Å². The van der Waals surface area contributed by atoms with Gasteiger partial charge in [-0.2, -0.15) is 0 Å². The van der Waals surface area contributed by atoms with Crippen LogP contribution in [-0.4, -0.2) is 64.4 Å². The van der Waals surface area contributed by atoms with E-state index in [1.165, 1.54) is 6.42 Å². The van der Waals surface area contributed by atoms with Gasteiger partial charge in [-0.1, -0.05) is 6.92 Å². The molecule has 0 saturated carbocycles. The molecule has 2 saturated heterocycles. The highest BCUT2D eigenvalue weighted by Crippen LogP contribution is 2.21. The largest absolute Gasteiger partial charge is 0.369 e. The van der Waals surface area contributed by atoms with Crippen LogP contribution < -0.4 is 10.2 Å². The normalized spacial score (nSPS) is 23.9. The highest BCUT2D eigenvalue weighted by molar-refractivity contribution is 7.91. The third-order valence-corrected chi connectivity index (χ3v) is 6.56. The first kappa shape index (κ1) is 15.8. The molecule has 122 valence electrons. The van der Waals surface area contributed by atoms with Crippen molar-refractivity contribution >= 4 is 15.5 Å². The van der Waals surface area contributed by atoms with Crippen LogP contribution in [0.2, 0.25) is 0 Å². The SMILES string of the molecule is CCS(=O)(=O)c1ccc(N2CCN(C3CCNC3)CC2)cc1. The van der Waals surface area contributed by atoms with Gasteiger partial charge in [-0.3, -0.25) is 4.90 Å². The minimum atomic E-state index is -3.10. The molecular formula is C16H25N3O2S. The van der Waals surface area contributed by atoms with E-state index >= 15 is 0 Å². The van der Waals surface area contributed by atoms with Crippen molar-refractivity contribution in [2.24, 2.45) is 0 Å². The zero-order valence-corrected chi connectivity index (χ0v) is 14.0. The van der Waals surface area contributed by atoms with E-state index in [0.29, 0.717) is 10.9 Å². The Hall–Kier alpha value is -1.11. The molecule has 0 spiro atoms. The van der Waals surface area contributed by atoms with Gasteiger partial charge in [0, 0.05) is 44.5 Å². The van der Waals surface area contributed by atoms with Gasteiger partial charge in [-0.05, 0) is 37.2 Å². The first-order valence-corrected chi connectivity index (χ1v) is 9.78. The second-order valence-electron chi connectivity index (χ2n) is 6.07. The molecule has 6 heteroatoms. The number of piperazine rings is 1. The van der Waals surface area contributed by atoms with Crippen LogP contribution in [0.3, 0.4) is 0 Å². The zero-order chi connectivity index (χ0) is 15.6. The third-order valence-electron chi connectivity index (χ3n) is 4.81. The quantitative estimate of drug-likeness (QED) is 0.895. The second kappa shape index (κ2) is 6.56. The van der Waals surface area contributed by atoms with Gasteiger partial charge in [-0.15, -0.1) is 0 Å². The molecule has 2 aliphatic rings. The van der Waals surface area contributed by atoms with Crippen molar-refractivity contribution in [3.8, 4) is 0 Å². The number of benzene rings is 1. The van der Waals surface area contributed by atoms with Gasteiger partial charge in [0.1, 0.15) is 0 Å². The maximum atomic E-state index is 11.9. The molecule has 2 aliphatic heterocycles. The predicted molar refractivity (Wildman–Crippen MR) is 89.2 cm³/mol. The van der Waals surface area contributed by atoms with E-state index < -0.39 is 9.84 Å². The van der Waals surface area contributed by atoms with E-state index in [0.717, 1.165) is 45.0 Å². The summed E-state index contributed by atoms with van der Waals surface area (Å²) in [7, 11) is -3.10. The number of anilines is 1. The molecule has 1 unspecified atom stereocenters. The molecule has 1 aromatic rings. The molecule has 22 heavy (non-hydrogen) atoms. The molecule has 2 fully saturated rings. The van der Waals surface area contributed by atoms with E-state index in [1.807, 2.05) is 12.1 Å². The number of hydrogen-bond donors (Lipinski definition) is 1. The molecule has 0 aromatic heterocycles. The molecule has 3 rings (SSSR count). The van der Waals surface area contributed by atoms with Crippen molar-refractivity contribution in [3.63, 3.8) is 0 Å². The van der Waals surface area contributed by atoms with Crippen LogP contribution in [0.1, 0.15) is 13.3 Å². The van der Waals surface area contributed by atoms with Crippen molar-refractivity contribution < 1.29 is 8.42 Å². The number of sulfone groups is 1. The second-order valence-corrected chi connectivity index (χ2v) is 8.35. The Morgan fingerprint density at radius 2 is 1.82 bits per heavy atom. The van der Waals surface area contributed by atoms with Crippen LogP contribution in [-0.2, 0) is 9.84 Å². The van der Waals surface area contributed by atoms with Crippen LogP contribution in [0.25, 0.3) is 0 Å². The van der Waals surface area contributed by atoms with E-state index in [2.05, 4.69) is 15.1 Å². The van der Waals surface area contributed by atoms with Gasteiger partial charge in [-0.25, -0.2) is 8.42 Å². The Morgan fingerprint density at radius 3 is 2.36 bits per heavy atom. The number of nitrogens with zero attached hydrogens (tertiary/aromatic N) is 2. The van der Waals surface area contributed by atoms with Gasteiger partial charge in [0.25, 0.3) is 0 Å². The van der Waals surface area contributed by atoms with Crippen molar-refractivity contribution in [1.29, 1.82) is 0 Å². The fourth-order valence-corrected chi connectivity index (χ4v) is 4.21. The average Bonchev–Trinajstić information content (AvgIpc) is 3.10. The Morgan fingerprint density at radius 1 is 1.14 bits per heavy atom. The highest BCUT2D eigenvalue weighted by atomic mass is 32.2. The lowest BCUT2D eigenvalue weighted by Crippen LogP contribution is -2.51. The van der Waals surface area contributed by atoms with Crippen LogP contribution in [0.5, 0.6) is 0 Å². The smallest absolute Gasteiger partial charge is 0.178 e. The van der Waals surface area contributed by atoms with Crippen molar-refractivity contribution in [2.45, 2.75) is 24.3 Å². The summed E-state index contributed by atoms with van der Waals surface area (Å²) < 4.78 is 23.7. The third kappa shape index (κ3) is 3.29. The summed E-state index contributed by atoms with van der Waals surface area (Å²) in [6.45, 7) is 8.12. The van der Waals surface area contributed by atoms with Gasteiger partial charge < -0.3 is 10.2 Å². The van der Waals surface area contributed by atoms with Crippen molar-refractivity contribution in [1.82, 2.24) is 10.2 Å². The molecule has 0 aliphatic carbocycles. The summed E-state index contributed by atoms with van der Waals surface area (Å²) >= 11 is 0. The van der Waals surface area contributed by atoms with Crippen LogP contribution in [0, 0.1) is 0 Å². The maximum Gasteiger partial charge on any atom is 0.178 e. The van der Waals surface area contributed by atoms with Crippen LogP contribution >= 0.6 is 0 Å². The molecule has 1 aromatic carbocycles. The molecule has 0 bridgehead atoms. The Kier molecular flexibility index (Phi) is 4.70. The van der Waals surface area contributed by atoms with Crippen LogP contribution in [0.15, 0.2) is 29.2 Å². The molecule has 5 nitrogen and oxygen atoms in total. The summed E-state index contributed by atoms with van der Waals surface area (Å²) in [5.41, 5.74) is 1.12. The molecule has 1 atom stereocenters. The monoisotopic (exact) mass is 323 g/mol. The Labute approximate surface area is 133 Å². The van der Waals surface area contributed by atoms with Crippen molar-refractivity contribution in [2.75, 3.05) is 49.9 Å². The Balaban J connectivity index is 1.61. The topological polar surface area (TPSA) is 52.7 Å². The molecular weight excluding hydrogens is 298 g/mol. The minimum absolute atomic E-state index is 0.153. The van der Waals surface area contributed by atoms with Gasteiger partial charge in [0.15, 0.2) is 9.84 Å². The number of hydrogen-bond acceptors (Lipinski definition) is 5. The first-order chi connectivity index (χ1) is 10.6. The van der Waals surface area contributed by atoms with E-state index in [4.69, 9.17) is 0 Å². The predicted octanol–water partition coefficient (Wildman–Crippen LogP) is 0.964. The van der Waals surface area contributed by atoms with Gasteiger partial charge in [0.05, 0.1) is 10.6 Å². The summed E-state index contributed by atoms with van der Waals surface area (Å²) in [5.74, 6) is 0.153. The Bertz CT molecular complexity index is 586.